The molecule has 0 spiro atoms. The zero-order chi connectivity index (χ0) is 13.2. The molecule has 0 aliphatic carbocycles. The molecular formula is C14H22FNO2. The van der Waals surface area contributed by atoms with Gasteiger partial charge in [0.15, 0.2) is 11.6 Å². The zero-order valence-electron chi connectivity index (χ0n) is 11.2. The lowest BCUT2D eigenvalue weighted by Gasteiger charge is -2.08. The fraction of sp³-hybridized carbons (Fsp3) is 0.571. The Hall–Kier alpha value is -1.13. The number of unbranched alkanes of at least 4 members (excludes halogenated alkanes) is 2. The third-order valence-electron chi connectivity index (χ3n) is 2.78. The van der Waals surface area contributed by atoms with Crippen LogP contribution in [0.15, 0.2) is 18.2 Å². The third kappa shape index (κ3) is 5.02. The average Bonchev–Trinajstić information content (AvgIpc) is 2.39. The van der Waals surface area contributed by atoms with Gasteiger partial charge in [-0.25, -0.2) is 4.39 Å². The maximum Gasteiger partial charge on any atom is 0.169 e. The van der Waals surface area contributed by atoms with E-state index in [1.165, 1.54) is 7.11 Å². The van der Waals surface area contributed by atoms with E-state index in [0.29, 0.717) is 17.9 Å². The highest BCUT2D eigenvalue weighted by atomic mass is 19.1. The van der Waals surface area contributed by atoms with Crippen LogP contribution in [0.4, 0.5) is 4.39 Å². The molecule has 0 aromatic heterocycles. The smallest absolute Gasteiger partial charge is 0.169 e. The average molecular weight is 255 g/mol. The van der Waals surface area contributed by atoms with E-state index in [-0.39, 0.29) is 5.82 Å². The van der Waals surface area contributed by atoms with E-state index < -0.39 is 0 Å². The van der Waals surface area contributed by atoms with E-state index in [9.17, 15) is 4.39 Å². The van der Waals surface area contributed by atoms with Gasteiger partial charge in [0.2, 0.25) is 0 Å². The third-order valence-corrected chi connectivity index (χ3v) is 2.78. The Morgan fingerprint density at radius 3 is 2.72 bits per heavy atom. The van der Waals surface area contributed by atoms with Crippen molar-refractivity contribution in [3.8, 4) is 5.75 Å². The van der Waals surface area contributed by atoms with Gasteiger partial charge in [-0.15, -0.1) is 0 Å². The molecule has 0 aliphatic rings. The number of halogens is 1. The van der Waals surface area contributed by atoms with Crippen LogP contribution in [0, 0.1) is 5.82 Å². The van der Waals surface area contributed by atoms with E-state index in [4.69, 9.17) is 9.47 Å². The molecule has 102 valence electrons. The summed E-state index contributed by atoms with van der Waals surface area (Å²) >= 11 is 0. The van der Waals surface area contributed by atoms with Gasteiger partial charge in [-0.1, -0.05) is 12.1 Å². The van der Waals surface area contributed by atoms with Crippen molar-refractivity contribution < 1.29 is 13.9 Å². The number of nitrogens with one attached hydrogen (secondary N) is 1. The minimum Gasteiger partial charge on any atom is -0.494 e. The van der Waals surface area contributed by atoms with Crippen molar-refractivity contribution in [2.75, 3.05) is 27.4 Å². The molecule has 0 aliphatic heterocycles. The molecule has 18 heavy (non-hydrogen) atoms. The van der Waals surface area contributed by atoms with Crippen LogP contribution < -0.4 is 10.1 Å². The summed E-state index contributed by atoms with van der Waals surface area (Å²) in [6.07, 6.45) is 3.28. The number of rotatable bonds is 9. The number of benzene rings is 1. The number of methoxy groups -OCH3 is 2. The van der Waals surface area contributed by atoms with E-state index in [0.717, 1.165) is 32.4 Å². The van der Waals surface area contributed by atoms with Crippen molar-refractivity contribution in [3.05, 3.63) is 29.6 Å². The molecule has 3 nitrogen and oxygen atoms in total. The highest BCUT2D eigenvalue weighted by Crippen LogP contribution is 2.19. The van der Waals surface area contributed by atoms with E-state index in [1.54, 1.807) is 25.3 Å². The predicted octanol–water partition coefficient (Wildman–Crippen LogP) is 2.74. The first-order chi connectivity index (χ1) is 8.79. The number of hydrogen-bond acceptors (Lipinski definition) is 3. The van der Waals surface area contributed by atoms with E-state index in [1.807, 2.05) is 0 Å². The fourth-order valence-electron chi connectivity index (χ4n) is 1.75. The van der Waals surface area contributed by atoms with Crippen LogP contribution in [0.2, 0.25) is 0 Å². The maximum absolute atomic E-state index is 13.8. The first kappa shape index (κ1) is 14.9. The van der Waals surface area contributed by atoms with Gasteiger partial charge in [0.25, 0.3) is 0 Å². The number of hydrogen-bond donors (Lipinski definition) is 1. The van der Waals surface area contributed by atoms with Gasteiger partial charge < -0.3 is 14.8 Å². The summed E-state index contributed by atoms with van der Waals surface area (Å²) in [7, 11) is 3.19. The summed E-state index contributed by atoms with van der Waals surface area (Å²) in [4.78, 5) is 0. The Morgan fingerprint density at radius 2 is 2.00 bits per heavy atom. The Bertz CT molecular complexity index is 345. The SMILES string of the molecule is COCCCCCNCc1cccc(OC)c1F. The molecule has 0 amide bonds. The lowest BCUT2D eigenvalue weighted by Crippen LogP contribution is -2.16. The molecule has 1 N–H and O–H groups in total. The summed E-state index contributed by atoms with van der Waals surface area (Å²) in [6, 6.07) is 5.21. The van der Waals surface area contributed by atoms with Crippen molar-refractivity contribution in [3.63, 3.8) is 0 Å². The van der Waals surface area contributed by atoms with Crippen molar-refractivity contribution >= 4 is 0 Å². The molecule has 4 heteroatoms. The van der Waals surface area contributed by atoms with E-state index >= 15 is 0 Å². The summed E-state index contributed by atoms with van der Waals surface area (Å²) in [5.74, 6) is 0.0290. The highest BCUT2D eigenvalue weighted by Gasteiger charge is 2.07. The monoisotopic (exact) mass is 255 g/mol. The highest BCUT2D eigenvalue weighted by molar-refractivity contribution is 5.30. The van der Waals surface area contributed by atoms with Gasteiger partial charge >= 0.3 is 0 Å². The summed E-state index contributed by atoms with van der Waals surface area (Å²) < 4.78 is 23.7. The van der Waals surface area contributed by atoms with Crippen LogP contribution in [0.3, 0.4) is 0 Å². The topological polar surface area (TPSA) is 30.5 Å². The molecule has 0 saturated heterocycles. The van der Waals surface area contributed by atoms with Crippen LogP contribution in [-0.4, -0.2) is 27.4 Å². The van der Waals surface area contributed by atoms with Gasteiger partial charge in [0.05, 0.1) is 7.11 Å². The van der Waals surface area contributed by atoms with Crippen molar-refractivity contribution in [1.82, 2.24) is 5.32 Å². The number of ether oxygens (including phenoxy) is 2. The predicted molar refractivity (Wildman–Crippen MR) is 70.4 cm³/mol. The van der Waals surface area contributed by atoms with Crippen LogP contribution in [0.25, 0.3) is 0 Å². The molecule has 1 aromatic carbocycles. The summed E-state index contributed by atoms with van der Waals surface area (Å²) in [6.45, 7) is 2.23. The quantitative estimate of drug-likeness (QED) is 0.688. The van der Waals surface area contributed by atoms with Gasteiger partial charge in [-0.3, -0.25) is 0 Å². The molecule has 0 unspecified atom stereocenters. The van der Waals surface area contributed by atoms with Crippen LogP contribution >= 0.6 is 0 Å². The molecule has 0 atom stereocenters. The first-order valence-electron chi connectivity index (χ1n) is 6.30. The Labute approximate surface area is 108 Å². The minimum atomic E-state index is -0.271. The standard InChI is InChI=1S/C14H22FNO2/c1-17-10-5-3-4-9-16-11-12-7-6-8-13(18-2)14(12)15/h6-8,16H,3-5,9-11H2,1-2H3. The minimum absolute atomic E-state index is 0.271. The molecule has 0 fully saturated rings. The Balaban J connectivity index is 2.23. The second-order valence-corrected chi connectivity index (χ2v) is 4.16. The molecule has 0 saturated carbocycles. The molecule has 1 rings (SSSR count). The maximum atomic E-state index is 13.8. The molecule has 1 aromatic rings. The lowest BCUT2D eigenvalue weighted by atomic mass is 10.2. The molecular weight excluding hydrogens is 233 g/mol. The summed E-state index contributed by atoms with van der Waals surface area (Å²) in [5.41, 5.74) is 0.645. The lowest BCUT2D eigenvalue weighted by molar-refractivity contribution is 0.192. The van der Waals surface area contributed by atoms with Crippen LogP contribution in [0.5, 0.6) is 5.75 Å². The Kier molecular flexibility index (Phi) is 7.37. The van der Waals surface area contributed by atoms with Crippen LogP contribution in [-0.2, 0) is 11.3 Å². The molecule has 0 bridgehead atoms. The molecule has 0 radical (unpaired) electrons. The van der Waals surface area contributed by atoms with Gasteiger partial charge in [-0.2, -0.15) is 0 Å². The van der Waals surface area contributed by atoms with Gasteiger partial charge in [0.1, 0.15) is 0 Å². The summed E-state index contributed by atoms with van der Waals surface area (Å²) in [5, 5.41) is 3.23. The second kappa shape index (κ2) is 8.89. The Morgan fingerprint density at radius 1 is 1.17 bits per heavy atom. The normalized spacial score (nSPS) is 10.6. The van der Waals surface area contributed by atoms with Crippen LogP contribution in [0.1, 0.15) is 24.8 Å². The van der Waals surface area contributed by atoms with Gasteiger partial charge in [-0.05, 0) is 31.9 Å². The first-order valence-corrected chi connectivity index (χ1v) is 6.30. The second-order valence-electron chi connectivity index (χ2n) is 4.16. The molecule has 0 heterocycles. The van der Waals surface area contributed by atoms with Crippen molar-refractivity contribution in [1.29, 1.82) is 0 Å². The fourth-order valence-corrected chi connectivity index (χ4v) is 1.75. The van der Waals surface area contributed by atoms with E-state index in [2.05, 4.69) is 5.32 Å². The van der Waals surface area contributed by atoms with Crippen molar-refractivity contribution in [2.24, 2.45) is 0 Å². The van der Waals surface area contributed by atoms with Crippen molar-refractivity contribution in [2.45, 2.75) is 25.8 Å². The largest absolute Gasteiger partial charge is 0.494 e. The van der Waals surface area contributed by atoms with Gasteiger partial charge in [0, 0.05) is 25.8 Å². The zero-order valence-corrected chi connectivity index (χ0v) is 11.2.